The van der Waals surface area contributed by atoms with E-state index in [1.54, 1.807) is 0 Å². The lowest BCUT2D eigenvalue weighted by Gasteiger charge is -2.10. The molecule has 0 fully saturated rings. The van der Waals surface area contributed by atoms with Crippen LogP contribution in [0.3, 0.4) is 0 Å². The van der Waals surface area contributed by atoms with Crippen molar-refractivity contribution >= 4 is 33.3 Å². The van der Waals surface area contributed by atoms with Gasteiger partial charge in [-0.3, -0.25) is 4.79 Å². The number of rotatable bonds is 3. The molecule has 1 aromatic rings. The van der Waals surface area contributed by atoms with Crippen LogP contribution in [0.4, 0.5) is 0 Å². The van der Waals surface area contributed by atoms with E-state index in [4.69, 9.17) is 11.6 Å². The molecule has 1 unspecified atom stereocenters. The number of hydrogen-bond acceptors (Lipinski definition) is 1. The Morgan fingerprint density at radius 3 is 2.47 bits per heavy atom. The predicted molar refractivity (Wildman–Crippen MR) is 68.2 cm³/mol. The fourth-order valence-corrected chi connectivity index (χ4v) is 1.75. The molecule has 0 heterocycles. The number of benzene rings is 1. The van der Waals surface area contributed by atoms with E-state index in [0.717, 1.165) is 11.1 Å². The van der Waals surface area contributed by atoms with Gasteiger partial charge < -0.3 is 0 Å². The summed E-state index contributed by atoms with van der Waals surface area (Å²) in [5, 5.41) is 0. The van der Waals surface area contributed by atoms with Crippen LogP contribution in [0.5, 0.6) is 0 Å². The average molecular weight is 290 g/mol. The molecule has 1 aromatic carbocycles. The summed E-state index contributed by atoms with van der Waals surface area (Å²) >= 11 is 8.82. The van der Waals surface area contributed by atoms with Crippen molar-refractivity contribution in [2.75, 3.05) is 0 Å². The molecule has 3 heteroatoms. The van der Waals surface area contributed by atoms with Crippen molar-refractivity contribution in [2.45, 2.75) is 31.0 Å². The third kappa shape index (κ3) is 3.05. The van der Waals surface area contributed by atoms with Crippen LogP contribution in [0, 0.1) is 6.92 Å². The maximum atomic E-state index is 11.8. The van der Waals surface area contributed by atoms with E-state index in [9.17, 15) is 4.79 Å². The molecule has 0 aliphatic rings. The molecule has 0 bridgehead atoms. The summed E-state index contributed by atoms with van der Waals surface area (Å²) in [6.07, 6.45) is 0. The first-order valence-corrected chi connectivity index (χ1v) is 6.21. The molecule has 1 atom stereocenters. The van der Waals surface area contributed by atoms with Crippen LogP contribution >= 0.6 is 27.5 Å². The SMILES string of the molecule is Cc1ccc(C(C)C)cc1C(=O)C(Cl)Br. The van der Waals surface area contributed by atoms with Gasteiger partial charge in [-0.05, 0) is 30.0 Å². The Kier molecular flexibility index (Phi) is 4.35. The molecule has 0 saturated carbocycles. The van der Waals surface area contributed by atoms with E-state index >= 15 is 0 Å². The Hall–Kier alpha value is -0.340. The van der Waals surface area contributed by atoms with Gasteiger partial charge in [0.1, 0.15) is 0 Å². The first-order valence-electron chi connectivity index (χ1n) is 4.86. The van der Waals surface area contributed by atoms with Crippen LogP contribution in [0.25, 0.3) is 0 Å². The number of Topliss-reactive ketones (excluding diaryl/α,β-unsaturated/α-hetero) is 1. The summed E-state index contributed by atoms with van der Waals surface area (Å²) in [7, 11) is 0. The summed E-state index contributed by atoms with van der Waals surface area (Å²) in [5.74, 6) is 0.345. The third-order valence-corrected chi connectivity index (χ3v) is 3.01. The van der Waals surface area contributed by atoms with Gasteiger partial charge in [0.05, 0.1) is 0 Å². The van der Waals surface area contributed by atoms with Crippen molar-refractivity contribution in [3.05, 3.63) is 34.9 Å². The summed E-state index contributed by atoms with van der Waals surface area (Å²) in [5.41, 5.74) is 2.83. The minimum atomic E-state index is -0.640. The van der Waals surface area contributed by atoms with E-state index in [1.165, 1.54) is 0 Å². The monoisotopic (exact) mass is 288 g/mol. The van der Waals surface area contributed by atoms with Gasteiger partial charge in [-0.15, -0.1) is 11.6 Å². The minimum Gasteiger partial charge on any atom is -0.292 e. The van der Waals surface area contributed by atoms with Crippen LogP contribution in [0.15, 0.2) is 18.2 Å². The zero-order valence-corrected chi connectivity index (χ0v) is 11.4. The van der Waals surface area contributed by atoms with Crippen LogP contribution in [0.1, 0.15) is 41.3 Å². The fourth-order valence-electron chi connectivity index (χ4n) is 1.38. The fraction of sp³-hybridized carbons (Fsp3) is 0.417. The quantitative estimate of drug-likeness (QED) is 0.600. The molecule has 0 amide bonds. The molecule has 1 nitrogen and oxygen atoms in total. The highest BCUT2D eigenvalue weighted by Crippen LogP contribution is 2.22. The van der Waals surface area contributed by atoms with Crippen LogP contribution in [-0.2, 0) is 0 Å². The van der Waals surface area contributed by atoms with Gasteiger partial charge in [-0.1, -0.05) is 41.9 Å². The van der Waals surface area contributed by atoms with Gasteiger partial charge in [0.2, 0.25) is 0 Å². The van der Waals surface area contributed by atoms with Crippen molar-refractivity contribution in [3.8, 4) is 0 Å². The van der Waals surface area contributed by atoms with Gasteiger partial charge in [-0.25, -0.2) is 0 Å². The highest BCUT2D eigenvalue weighted by atomic mass is 79.9. The Labute approximate surface area is 104 Å². The van der Waals surface area contributed by atoms with Crippen LogP contribution in [-0.4, -0.2) is 10.1 Å². The van der Waals surface area contributed by atoms with Gasteiger partial charge in [0, 0.05) is 5.56 Å². The van der Waals surface area contributed by atoms with E-state index in [2.05, 4.69) is 29.8 Å². The van der Waals surface area contributed by atoms with Crippen molar-refractivity contribution in [1.29, 1.82) is 0 Å². The number of hydrogen-bond donors (Lipinski definition) is 0. The molecule has 82 valence electrons. The van der Waals surface area contributed by atoms with E-state index in [1.807, 2.05) is 25.1 Å². The lowest BCUT2D eigenvalue weighted by atomic mass is 9.96. The molecule has 0 spiro atoms. The molecule has 0 aromatic heterocycles. The number of halogens is 2. The van der Waals surface area contributed by atoms with Crippen molar-refractivity contribution in [2.24, 2.45) is 0 Å². The molecule has 0 N–H and O–H groups in total. The van der Waals surface area contributed by atoms with Crippen molar-refractivity contribution < 1.29 is 4.79 Å². The molecule has 0 aliphatic heterocycles. The first kappa shape index (κ1) is 12.7. The normalized spacial score (nSPS) is 12.9. The topological polar surface area (TPSA) is 17.1 Å². The van der Waals surface area contributed by atoms with Gasteiger partial charge in [0.25, 0.3) is 0 Å². The Morgan fingerprint density at radius 1 is 1.40 bits per heavy atom. The lowest BCUT2D eigenvalue weighted by molar-refractivity contribution is 0.101. The van der Waals surface area contributed by atoms with Gasteiger partial charge in [-0.2, -0.15) is 0 Å². The molecule has 0 aliphatic carbocycles. The molecule has 0 radical (unpaired) electrons. The smallest absolute Gasteiger partial charge is 0.191 e. The molecular weight excluding hydrogens is 275 g/mol. The van der Waals surface area contributed by atoms with E-state index in [-0.39, 0.29) is 5.78 Å². The second kappa shape index (κ2) is 5.13. The predicted octanol–water partition coefficient (Wildman–Crippen LogP) is 4.26. The maximum Gasteiger partial charge on any atom is 0.191 e. The minimum absolute atomic E-state index is 0.0725. The number of carbonyl (C=O) groups excluding carboxylic acids is 1. The average Bonchev–Trinajstić information content (AvgIpc) is 2.16. The maximum absolute atomic E-state index is 11.8. The number of ketones is 1. The summed E-state index contributed by atoms with van der Waals surface area (Å²) in [6, 6.07) is 5.95. The van der Waals surface area contributed by atoms with Crippen molar-refractivity contribution in [1.82, 2.24) is 0 Å². The zero-order valence-electron chi connectivity index (χ0n) is 9.05. The van der Waals surface area contributed by atoms with E-state index in [0.29, 0.717) is 11.5 Å². The zero-order chi connectivity index (χ0) is 11.6. The third-order valence-electron chi connectivity index (χ3n) is 2.39. The summed E-state index contributed by atoms with van der Waals surface area (Å²) < 4.78 is -0.640. The number of carbonyl (C=O) groups is 1. The van der Waals surface area contributed by atoms with Crippen LogP contribution in [0.2, 0.25) is 0 Å². The summed E-state index contributed by atoms with van der Waals surface area (Å²) in [6.45, 7) is 6.13. The highest BCUT2D eigenvalue weighted by Gasteiger charge is 2.16. The Balaban J connectivity index is 3.16. The largest absolute Gasteiger partial charge is 0.292 e. The molecule has 1 rings (SSSR count). The van der Waals surface area contributed by atoms with Gasteiger partial charge in [0.15, 0.2) is 10.1 Å². The Morgan fingerprint density at radius 2 is 2.00 bits per heavy atom. The van der Waals surface area contributed by atoms with E-state index < -0.39 is 4.29 Å². The van der Waals surface area contributed by atoms with Crippen LogP contribution < -0.4 is 0 Å². The Bertz CT molecular complexity index is 372. The molecule has 15 heavy (non-hydrogen) atoms. The van der Waals surface area contributed by atoms with Gasteiger partial charge >= 0.3 is 0 Å². The molecular formula is C12H14BrClO. The summed E-state index contributed by atoms with van der Waals surface area (Å²) in [4.78, 5) is 11.8. The molecule has 0 saturated heterocycles. The first-order chi connectivity index (χ1) is 6.93. The second-order valence-corrected chi connectivity index (χ2v) is 5.77. The number of aryl methyl sites for hydroxylation is 1. The standard InChI is InChI=1S/C12H14BrClO/c1-7(2)9-5-4-8(3)10(6-9)11(15)12(13)14/h4-7,12H,1-3H3. The van der Waals surface area contributed by atoms with Crippen molar-refractivity contribution in [3.63, 3.8) is 0 Å². The number of alkyl halides is 2. The second-order valence-electron chi connectivity index (χ2n) is 3.89. The lowest BCUT2D eigenvalue weighted by Crippen LogP contribution is -2.10. The highest BCUT2D eigenvalue weighted by molar-refractivity contribution is 9.10.